The highest BCUT2D eigenvalue weighted by atomic mass is 19.1. The molecule has 21 nitrogen and oxygen atoms in total. The third-order valence-corrected chi connectivity index (χ3v) is 14.1. The van der Waals surface area contributed by atoms with Crippen LogP contribution in [0.5, 0.6) is 11.5 Å². The SMILES string of the molecule is COc1ccc(-c2cn3ccccc3n2)c(CN)c1F.COc1ccc(-c2cn3ccccc3n2)c(CNC(=O)c2cn(Cc3cn4cc(C5CC5)ccc4n3)nn2)c1F.O=C(O)c1cn(Cc2cn3cc(C4CC4)ccc3n2)nn1. The van der Waals surface area contributed by atoms with Crippen LogP contribution in [-0.4, -0.2) is 98.7 Å². The van der Waals surface area contributed by atoms with Crippen LogP contribution in [-0.2, 0) is 26.2 Å². The lowest BCUT2D eigenvalue weighted by atomic mass is 10.0. The molecule has 0 saturated heterocycles. The maximum Gasteiger partial charge on any atom is 0.358 e. The standard InChI is InChI=1S/C29H25FN8O2.C15H14FN3O.C14H13N5O2/c1-40-25-9-8-21(23-16-36-11-3-2-4-26(36)33-23)22(28(25)30)12-31-29(39)24-17-38(35-34-24)15-20-14-37-13-19(18-5-6-18)7-10-27(37)32-20;1-20-13-6-5-10(11(8-17)15(13)16)12-9-19-7-3-2-4-14(19)18-12;20-14(21)12-8-19(17-16-12)7-11-6-18-5-10(9-1-2-9)3-4-13(18)15-11/h2-4,7-11,13-14,16-18H,5-6,12,15H2,1H3,(H,31,39);2-7,9H,8,17H2,1H3;3-6,8-9H,1-2,7H2,(H,20,21). The number of carbonyl (C=O) groups is 2. The van der Waals surface area contributed by atoms with Crippen molar-refractivity contribution in [1.82, 2.24) is 72.8 Å². The summed E-state index contributed by atoms with van der Waals surface area (Å²) in [7, 11) is 2.84. The number of imidazole rings is 4. The monoisotopic (exact) mass is 1090 g/mol. The Balaban J connectivity index is 0.000000133. The summed E-state index contributed by atoms with van der Waals surface area (Å²) in [6.45, 7) is 0.768. The van der Waals surface area contributed by atoms with Crippen LogP contribution in [0.2, 0.25) is 0 Å². The number of nitrogens with two attached hydrogens (primary N) is 1. The van der Waals surface area contributed by atoms with E-state index in [2.05, 4.69) is 70.4 Å². The van der Waals surface area contributed by atoms with Gasteiger partial charge in [0.15, 0.2) is 34.5 Å². The smallest absolute Gasteiger partial charge is 0.358 e. The molecule has 10 aromatic heterocycles. The zero-order chi connectivity index (χ0) is 55.7. The van der Waals surface area contributed by atoms with Gasteiger partial charge in [-0.15, -0.1) is 10.2 Å². The summed E-state index contributed by atoms with van der Waals surface area (Å²) < 4.78 is 50.6. The van der Waals surface area contributed by atoms with Crippen LogP contribution in [0.1, 0.15) is 92.1 Å². The molecule has 4 N–H and O–H groups in total. The molecule has 2 saturated carbocycles. The number of benzene rings is 2. The van der Waals surface area contributed by atoms with E-state index >= 15 is 4.39 Å². The van der Waals surface area contributed by atoms with E-state index in [4.69, 9.17) is 20.3 Å². The number of fused-ring (bicyclic) bond motifs is 4. The van der Waals surface area contributed by atoms with Gasteiger partial charge >= 0.3 is 5.97 Å². The average Bonchev–Trinajstić information content (AvgIpc) is 4.17. The maximum atomic E-state index is 15.4. The van der Waals surface area contributed by atoms with Gasteiger partial charge in [0.05, 0.1) is 62.5 Å². The molecule has 2 aliphatic carbocycles. The molecule has 2 aromatic carbocycles. The predicted molar refractivity (Wildman–Crippen MR) is 293 cm³/mol. The predicted octanol–water partition coefficient (Wildman–Crippen LogP) is 8.40. The van der Waals surface area contributed by atoms with Crippen LogP contribution in [0.25, 0.3) is 45.1 Å². The molecule has 1 amide bonds. The molecule has 0 atom stereocenters. The minimum absolute atomic E-state index is 0.0604. The number of carboxylic acids is 1. The Hall–Kier alpha value is -10.2. The van der Waals surface area contributed by atoms with Crippen LogP contribution in [0, 0.1) is 11.6 Å². The summed E-state index contributed by atoms with van der Waals surface area (Å²) in [4.78, 5) is 42.0. The van der Waals surface area contributed by atoms with Gasteiger partial charge in [-0.3, -0.25) is 4.79 Å². The van der Waals surface area contributed by atoms with Crippen molar-refractivity contribution in [2.24, 2.45) is 5.73 Å². The minimum atomic E-state index is -1.08. The molecule has 14 rings (SSSR count). The summed E-state index contributed by atoms with van der Waals surface area (Å²) in [6.07, 6.45) is 23.6. The highest BCUT2D eigenvalue weighted by molar-refractivity contribution is 5.92. The number of hydrogen-bond donors (Lipinski definition) is 3. The van der Waals surface area contributed by atoms with Crippen LogP contribution in [0.4, 0.5) is 8.78 Å². The molecule has 2 fully saturated rings. The number of pyridine rings is 4. The van der Waals surface area contributed by atoms with Gasteiger partial charge in [-0.05, 0) is 109 Å². The Bertz CT molecular complexity index is 4230. The first kappa shape index (κ1) is 51.6. The van der Waals surface area contributed by atoms with Crippen molar-refractivity contribution in [2.45, 2.75) is 63.7 Å². The van der Waals surface area contributed by atoms with Crippen molar-refractivity contribution >= 4 is 34.5 Å². The van der Waals surface area contributed by atoms with E-state index in [1.165, 1.54) is 61.9 Å². The first-order valence-electron chi connectivity index (χ1n) is 26.0. The van der Waals surface area contributed by atoms with E-state index in [0.29, 0.717) is 53.0 Å². The molecule has 12 aromatic rings. The molecular weight excluding hydrogens is 1040 g/mol. The van der Waals surface area contributed by atoms with E-state index in [9.17, 15) is 14.0 Å². The van der Waals surface area contributed by atoms with Gasteiger partial charge < -0.3 is 43.2 Å². The number of methoxy groups -OCH3 is 2. The number of ether oxygens (including phenoxy) is 2. The lowest BCUT2D eigenvalue weighted by Crippen LogP contribution is -2.24. The summed E-state index contributed by atoms with van der Waals surface area (Å²) in [6, 6.07) is 26.3. The Kier molecular flexibility index (Phi) is 14.0. The Morgan fingerprint density at radius 2 is 1.06 bits per heavy atom. The number of carbonyl (C=O) groups excluding carboxylic acids is 1. The van der Waals surface area contributed by atoms with E-state index in [0.717, 1.165) is 34.0 Å². The van der Waals surface area contributed by atoms with Gasteiger partial charge in [0.25, 0.3) is 5.91 Å². The second-order valence-electron chi connectivity index (χ2n) is 19.7. The fraction of sp³-hybridized carbons (Fsp3) is 0.207. The molecule has 0 aliphatic heterocycles. The average molecular weight is 1090 g/mol. The zero-order valence-corrected chi connectivity index (χ0v) is 43.8. The summed E-state index contributed by atoms with van der Waals surface area (Å²) in [5.41, 5.74) is 16.5. The molecule has 0 spiro atoms. The van der Waals surface area contributed by atoms with Crippen LogP contribution in [0.3, 0.4) is 0 Å². The lowest BCUT2D eigenvalue weighted by Gasteiger charge is -2.12. The Morgan fingerprint density at radius 3 is 1.53 bits per heavy atom. The van der Waals surface area contributed by atoms with Gasteiger partial charge in [0.1, 0.15) is 22.6 Å². The van der Waals surface area contributed by atoms with Crippen molar-refractivity contribution in [3.8, 4) is 34.0 Å². The van der Waals surface area contributed by atoms with E-state index < -0.39 is 23.5 Å². The number of carboxylic acid groups (broad SMARTS) is 1. The Labute approximate surface area is 459 Å². The van der Waals surface area contributed by atoms with Gasteiger partial charge in [-0.25, -0.2) is 42.9 Å². The molecule has 408 valence electrons. The fourth-order valence-electron chi connectivity index (χ4n) is 9.63. The number of aromatic nitrogens is 14. The van der Waals surface area contributed by atoms with Crippen molar-refractivity contribution < 1.29 is 33.0 Å². The van der Waals surface area contributed by atoms with Gasteiger partial charge in [-0.1, -0.05) is 34.7 Å². The van der Waals surface area contributed by atoms with Crippen molar-refractivity contribution in [3.05, 3.63) is 204 Å². The van der Waals surface area contributed by atoms with E-state index in [1.54, 1.807) is 35.1 Å². The highest BCUT2D eigenvalue weighted by Crippen LogP contribution is 2.41. The van der Waals surface area contributed by atoms with Crippen molar-refractivity contribution in [1.29, 1.82) is 0 Å². The first-order chi connectivity index (χ1) is 39.5. The summed E-state index contributed by atoms with van der Waals surface area (Å²) in [5.74, 6) is -0.898. The van der Waals surface area contributed by atoms with Crippen LogP contribution >= 0.6 is 0 Å². The molecule has 81 heavy (non-hydrogen) atoms. The minimum Gasteiger partial charge on any atom is -0.494 e. The number of rotatable bonds is 15. The van der Waals surface area contributed by atoms with Gasteiger partial charge in [-0.2, -0.15) is 0 Å². The van der Waals surface area contributed by atoms with E-state index in [1.807, 2.05) is 103 Å². The zero-order valence-electron chi connectivity index (χ0n) is 43.8. The summed E-state index contributed by atoms with van der Waals surface area (Å²) in [5, 5.41) is 27.1. The molecule has 10 heterocycles. The Morgan fingerprint density at radius 1 is 0.580 bits per heavy atom. The summed E-state index contributed by atoms with van der Waals surface area (Å²) >= 11 is 0. The molecule has 0 radical (unpaired) electrons. The second kappa shape index (κ2) is 21.9. The van der Waals surface area contributed by atoms with Gasteiger partial charge in [0, 0.05) is 84.9 Å². The maximum absolute atomic E-state index is 15.4. The highest BCUT2D eigenvalue weighted by Gasteiger charge is 2.26. The lowest BCUT2D eigenvalue weighted by molar-refractivity contribution is 0.0690. The number of halogens is 2. The number of aromatic carboxylic acids is 1. The van der Waals surface area contributed by atoms with Crippen LogP contribution in [0.15, 0.2) is 147 Å². The third kappa shape index (κ3) is 11.0. The molecule has 2 aliphatic rings. The topological polar surface area (TPSA) is 241 Å². The molecule has 23 heteroatoms. The van der Waals surface area contributed by atoms with Gasteiger partial charge in [0.2, 0.25) is 0 Å². The normalized spacial score (nSPS) is 13.0. The van der Waals surface area contributed by atoms with E-state index in [-0.39, 0.29) is 41.5 Å². The number of hydrogen-bond acceptors (Lipinski definition) is 13. The number of amides is 1. The molecule has 0 unspecified atom stereocenters. The quantitative estimate of drug-likeness (QED) is 0.0874. The number of nitrogens with one attached hydrogen (secondary N) is 1. The molecule has 0 bridgehead atoms. The number of nitrogens with zero attached hydrogens (tertiary/aromatic N) is 14. The fourth-order valence-corrected chi connectivity index (χ4v) is 9.63. The molecular formula is C58H52F2N16O5. The van der Waals surface area contributed by atoms with Crippen molar-refractivity contribution in [3.63, 3.8) is 0 Å². The first-order valence-corrected chi connectivity index (χ1v) is 26.0. The van der Waals surface area contributed by atoms with Crippen LogP contribution < -0.4 is 20.5 Å². The largest absolute Gasteiger partial charge is 0.494 e. The second-order valence-corrected chi connectivity index (χ2v) is 19.7. The third-order valence-electron chi connectivity index (χ3n) is 14.1. The van der Waals surface area contributed by atoms with Crippen molar-refractivity contribution in [2.75, 3.05) is 14.2 Å².